The SMILES string of the molecule is C/C1=C\CC(C(=N)CC(O)C(=O)N2Cc3ccccc3C2)/C=C/N=C(CCCCC(C)(O)O)N(c2ccc(F)cc2)C1=O. The second-order valence-corrected chi connectivity index (χ2v) is 11.4. The van der Waals surface area contributed by atoms with Gasteiger partial charge in [0.2, 0.25) is 0 Å². The molecule has 2 unspecified atom stereocenters. The summed E-state index contributed by atoms with van der Waals surface area (Å²) in [7, 11) is 0. The summed E-state index contributed by atoms with van der Waals surface area (Å²) >= 11 is 0. The Morgan fingerprint density at radius 3 is 2.40 bits per heavy atom. The predicted octanol–water partition coefficient (Wildman–Crippen LogP) is 4.61. The van der Waals surface area contributed by atoms with E-state index in [0.29, 0.717) is 49.4 Å². The van der Waals surface area contributed by atoms with Gasteiger partial charge in [-0.25, -0.2) is 9.38 Å². The standard InChI is InChI=1S/C33H39FN4O5/c1-22-10-11-23(28(35)19-29(39)32(41)37-20-24-7-3-4-8-25(24)21-37)16-18-36-30(9-5-6-17-33(2,42)43)38(31(22)40)27-14-12-26(34)13-15-27/h3-4,7-8,10,12-16,18,23,29,35,39,42-43H,5-6,9,11,17,19-21H2,1-2H3/b18-16+,22-10+,35-28?,36-30?. The molecule has 2 atom stereocenters. The third-order valence-corrected chi connectivity index (χ3v) is 7.70. The van der Waals surface area contributed by atoms with Crippen LogP contribution in [0.1, 0.15) is 63.5 Å². The van der Waals surface area contributed by atoms with Gasteiger partial charge in [-0.15, -0.1) is 0 Å². The number of aliphatic hydroxyl groups is 3. The number of amides is 2. The first-order valence-electron chi connectivity index (χ1n) is 14.5. The molecule has 43 heavy (non-hydrogen) atoms. The molecule has 0 aliphatic carbocycles. The molecule has 0 saturated heterocycles. The van der Waals surface area contributed by atoms with Crippen LogP contribution in [0.5, 0.6) is 0 Å². The summed E-state index contributed by atoms with van der Waals surface area (Å²) < 4.78 is 13.7. The highest BCUT2D eigenvalue weighted by Gasteiger charge is 2.30. The number of carbonyl (C=O) groups excluding carboxylic acids is 2. The summed E-state index contributed by atoms with van der Waals surface area (Å²) in [6.45, 7) is 3.81. The minimum Gasteiger partial charge on any atom is -0.383 e. The number of allylic oxidation sites excluding steroid dienone is 2. The summed E-state index contributed by atoms with van der Waals surface area (Å²) in [4.78, 5) is 34.3. The second-order valence-electron chi connectivity index (χ2n) is 11.4. The van der Waals surface area contributed by atoms with E-state index in [2.05, 4.69) is 4.99 Å². The fraction of sp³-hybridized carbons (Fsp3) is 0.394. The Kier molecular flexibility index (Phi) is 10.4. The van der Waals surface area contributed by atoms with Crippen LogP contribution in [0.15, 0.2) is 77.4 Å². The van der Waals surface area contributed by atoms with Gasteiger partial charge in [0, 0.05) is 55.8 Å². The lowest BCUT2D eigenvalue weighted by molar-refractivity contribution is -0.150. The molecule has 2 aliphatic rings. The number of aliphatic hydroxyl groups excluding tert-OH is 1. The van der Waals surface area contributed by atoms with Crippen molar-refractivity contribution in [2.45, 2.75) is 77.4 Å². The molecule has 0 aromatic heterocycles. The van der Waals surface area contributed by atoms with Crippen LogP contribution in [-0.4, -0.2) is 55.5 Å². The molecule has 0 spiro atoms. The zero-order chi connectivity index (χ0) is 31.1. The van der Waals surface area contributed by atoms with Gasteiger partial charge in [-0.05, 0) is 68.5 Å². The molecule has 2 aromatic rings. The average Bonchev–Trinajstić information content (AvgIpc) is 3.40. The highest BCUT2D eigenvalue weighted by molar-refractivity contribution is 6.22. The van der Waals surface area contributed by atoms with Crippen LogP contribution < -0.4 is 4.90 Å². The van der Waals surface area contributed by atoms with Crippen molar-refractivity contribution in [3.05, 3.63) is 89.4 Å². The molecule has 2 aliphatic heterocycles. The van der Waals surface area contributed by atoms with Crippen molar-refractivity contribution in [3.8, 4) is 0 Å². The molecule has 2 heterocycles. The highest BCUT2D eigenvalue weighted by atomic mass is 19.1. The number of rotatable bonds is 10. The number of unbranched alkanes of at least 4 members (excludes halogenated alkanes) is 1. The smallest absolute Gasteiger partial charge is 0.259 e. The van der Waals surface area contributed by atoms with Crippen LogP contribution in [0.25, 0.3) is 0 Å². The number of nitrogens with one attached hydrogen (secondary N) is 1. The van der Waals surface area contributed by atoms with Gasteiger partial charge in [0.1, 0.15) is 17.8 Å². The Balaban J connectivity index is 1.52. The summed E-state index contributed by atoms with van der Waals surface area (Å²) in [5.41, 5.74) is 3.07. The predicted molar refractivity (Wildman–Crippen MR) is 163 cm³/mol. The number of benzene rings is 2. The number of aliphatic imine (C=N–C) groups is 1. The number of amidine groups is 1. The van der Waals surface area contributed by atoms with Gasteiger partial charge in [-0.3, -0.25) is 14.5 Å². The zero-order valence-electron chi connectivity index (χ0n) is 24.5. The van der Waals surface area contributed by atoms with Gasteiger partial charge in [0.25, 0.3) is 11.8 Å². The van der Waals surface area contributed by atoms with E-state index in [1.807, 2.05) is 24.3 Å². The number of nitrogens with zero attached hydrogens (tertiary/aromatic N) is 3. The number of hydrogen-bond acceptors (Lipinski definition) is 7. The van der Waals surface area contributed by atoms with Crippen molar-refractivity contribution in [3.63, 3.8) is 0 Å². The fourth-order valence-electron chi connectivity index (χ4n) is 5.23. The topological polar surface area (TPSA) is 138 Å². The summed E-state index contributed by atoms with van der Waals surface area (Å²) in [6.07, 6.45) is 5.16. The van der Waals surface area contributed by atoms with E-state index in [1.54, 1.807) is 24.0 Å². The molecule has 2 aromatic carbocycles. The lowest BCUT2D eigenvalue weighted by Gasteiger charge is -2.26. The first-order valence-corrected chi connectivity index (χ1v) is 14.5. The molecule has 0 bridgehead atoms. The molecule has 4 N–H and O–H groups in total. The van der Waals surface area contributed by atoms with E-state index in [1.165, 1.54) is 42.3 Å². The third-order valence-electron chi connectivity index (χ3n) is 7.70. The molecule has 228 valence electrons. The van der Waals surface area contributed by atoms with E-state index < -0.39 is 29.5 Å². The van der Waals surface area contributed by atoms with E-state index in [4.69, 9.17) is 5.41 Å². The molecular formula is C33H39FN4O5. The van der Waals surface area contributed by atoms with E-state index in [9.17, 15) is 29.3 Å². The largest absolute Gasteiger partial charge is 0.383 e. The Morgan fingerprint density at radius 2 is 1.77 bits per heavy atom. The number of anilines is 1. The van der Waals surface area contributed by atoms with Crippen LogP contribution in [-0.2, 0) is 22.7 Å². The molecule has 9 nitrogen and oxygen atoms in total. The van der Waals surface area contributed by atoms with Crippen molar-refractivity contribution >= 4 is 29.0 Å². The second kappa shape index (κ2) is 14.0. The monoisotopic (exact) mass is 590 g/mol. The van der Waals surface area contributed by atoms with Crippen molar-refractivity contribution in [1.29, 1.82) is 5.41 Å². The van der Waals surface area contributed by atoms with Crippen molar-refractivity contribution in [1.82, 2.24) is 4.90 Å². The van der Waals surface area contributed by atoms with E-state index in [-0.39, 0.29) is 30.9 Å². The van der Waals surface area contributed by atoms with Gasteiger partial charge >= 0.3 is 0 Å². The van der Waals surface area contributed by atoms with Crippen LogP contribution in [0.3, 0.4) is 0 Å². The highest BCUT2D eigenvalue weighted by Crippen LogP contribution is 2.26. The molecule has 4 rings (SSSR count). The molecule has 2 amide bonds. The first kappa shape index (κ1) is 31.9. The lowest BCUT2D eigenvalue weighted by atomic mass is 9.93. The van der Waals surface area contributed by atoms with Gasteiger partial charge < -0.3 is 25.6 Å². The average molecular weight is 591 g/mol. The van der Waals surface area contributed by atoms with Crippen LogP contribution in [0.2, 0.25) is 0 Å². The lowest BCUT2D eigenvalue weighted by Crippen LogP contribution is -2.38. The molecular weight excluding hydrogens is 551 g/mol. The van der Waals surface area contributed by atoms with E-state index in [0.717, 1.165) is 11.1 Å². The van der Waals surface area contributed by atoms with Gasteiger partial charge in [-0.1, -0.05) is 36.4 Å². The number of hydrogen-bond donors (Lipinski definition) is 4. The van der Waals surface area contributed by atoms with Crippen molar-refractivity contribution < 1.29 is 29.3 Å². The van der Waals surface area contributed by atoms with Crippen LogP contribution in [0, 0.1) is 17.1 Å². The maximum absolute atomic E-state index is 13.7. The Hall–Kier alpha value is -3.99. The normalized spacial score (nSPS) is 20.1. The fourth-order valence-corrected chi connectivity index (χ4v) is 5.23. The van der Waals surface area contributed by atoms with Gasteiger partial charge in [0.05, 0.1) is 5.69 Å². The van der Waals surface area contributed by atoms with Crippen LogP contribution in [0.4, 0.5) is 10.1 Å². The van der Waals surface area contributed by atoms with E-state index >= 15 is 0 Å². The molecule has 0 fully saturated rings. The minimum absolute atomic E-state index is 0.142. The number of fused-ring (bicyclic) bond motifs is 1. The van der Waals surface area contributed by atoms with Crippen molar-refractivity contribution in [2.75, 3.05) is 4.90 Å². The Morgan fingerprint density at radius 1 is 1.12 bits per heavy atom. The van der Waals surface area contributed by atoms with Gasteiger partial charge in [0.15, 0.2) is 5.79 Å². The Bertz CT molecular complexity index is 1400. The maximum atomic E-state index is 13.7. The van der Waals surface area contributed by atoms with Crippen molar-refractivity contribution in [2.24, 2.45) is 10.9 Å². The zero-order valence-corrected chi connectivity index (χ0v) is 24.5. The first-order chi connectivity index (χ1) is 20.4. The molecule has 10 heteroatoms. The van der Waals surface area contributed by atoms with Crippen LogP contribution >= 0.6 is 0 Å². The number of halogens is 1. The Labute approximate surface area is 251 Å². The maximum Gasteiger partial charge on any atom is 0.259 e. The minimum atomic E-state index is -1.80. The van der Waals surface area contributed by atoms with Gasteiger partial charge in [-0.2, -0.15) is 0 Å². The summed E-state index contributed by atoms with van der Waals surface area (Å²) in [6, 6.07) is 13.3. The summed E-state index contributed by atoms with van der Waals surface area (Å²) in [5.74, 6) is -3.15. The summed E-state index contributed by atoms with van der Waals surface area (Å²) in [5, 5.41) is 38.8. The molecule has 0 saturated carbocycles. The molecule has 0 radical (unpaired) electrons. The third kappa shape index (κ3) is 8.53. The quantitative estimate of drug-likeness (QED) is 0.182. The number of carbonyl (C=O) groups is 2.